The maximum Gasteiger partial charge on any atom is 0.181 e. The lowest BCUT2D eigenvalue weighted by atomic mass is 10.1. The van der Waals surface area contributed by atoms with Gasteiger partial charge in [-0.2, -0.15) is 0 Å². The van der Waals surface area contributed by atoms with Gasteiger partial charge in [-0.25, -0.2) is 0 Å². The Balaban J connectivity index is 1.84. The molecule has 0 bridgehead atoms. The summed E-state index contributed by atoms with van der Waals surface area (Å²) in [7, 11) is 0. The van der Waals surface area contributed by atoms with Crippen LogP contribution >= 0.6 is 34.5 Å². The number of alkyl halides is 1. The molecule has 0 spiro atoms. The highest BCUT2D eigenvalue weighted by Gasteiger charge is 2.25. The number of fused-ring (bicyclic) bond motifs is 1. The zero-order valence-electron chi connectivity index (χ0n) is 11.2. The zero-order valence-corrected chi connectivity index (χ0v) is 13.5. The fraction of sp³-hybridized carbons (Fsp3) is 0.267. The number of halogens is 2. The van der Waals surface area contributed by atoms with Crippen LogP contribution in [0.2, 0.25) is 5.02 Å². The maximum absolute atomic E-state index is 11.3. The van der Waals surface area contributed by atoms with Gasteiger partial charge in [-0.1, -0.05) is 22.9 Å². The molecule has 1 aliphatic heterocycles. The molecule has 0 amide bonds. The molecule has 0 fully saturated rings. The van der Waals surface area contributed by atoms with E-state index >= 15 is 0 Å². The second kappa shape index (κ2) is 5.87. The largest absolute Gasteiger partial charge is 0.487 e. The average molecular weight is 343 g/mol. The van der Waals surface area contributed by atoms with E-state index in [-0.39, 0.29) is 11.9 Å². The molecule has 1 atom stereocenters. The van der Waals surface area contributed by atoms with Crippen LogP contribution < -0.4 is 9.47 Å². The number of benzene rings is 1. The van der Waals surface area contributed by atoms with Gasteiger partial charge in [0.1, 0.15) is 17.6 Å². The molecular formula is C15H12Cl2O3S. The molecule has 2 heterocycles. The van der Waals surface area contributed by atoms with E-state index < -0.39 is 0 Å². The van der Waals surface area contributed by atoms with E-state index in [0.29, 0.717) is 32.3 Å². The van der Waals surface area contributed by atoms with Crippen LogP contribution in [-0.2, 0) is 6.42 Å². The Kier molecular flexibility index (Phi) is 4.11. The summed E-state index contributed by atoms with van der Waals surface area (Å²) < 4.78 is 11.4. The molecule has 3 nitrogen and oxygen atoms in total. The Labute approximate surface area is 136 Å². The minimum absolute atomic E-state index is 0.0280. The van der Waals surface area contributed by atoms with Crippen molar-refractivity contribution in [2.45, 2.75) is 19.4 Å². The van der Waals surface area contributed by atoms with Crippen molar-refractivity contribution in [2.24, 2.45) is 0 Å². The lowest BCUT2D eigenvalue weighted by Crippen LogP contribution is -2.14. The highest BCUT2D eigenvalue weighted by molar-refractivity contribution is 7.15. The summed E-state index contributed by atoms with van der Waals surface area (Å²) >= 11 is 13.4. The molecule has 1 aromatic heterocycles. The van der Waals surface area contributed by atoms with Gasteiger partial charge >= 0.3 is 0 Å². The van der Waals surface area contributed by atoms with Crippen LogP contribution in [0.1, 0.15) is 22.2 Å². The normalized spacial score (nSPS) is 16.4. The molecular weight excluding hydrogens is 331 g/mol. The molecule has 0 saturated heterocycles. The van der Waals surface area contributed by atoms with Gasteiger partial charge in [-0.05, 0) is 25.1 Å². The van der Waals surface area contributed by atoms with Gasteiger partial charge in [-0.15, -0.1) is 11.6 Å². The molecule has 1 aliphatic rings. The first-order valence-corrected chi connectivity index (χ1v) is 8.13. The van der Waals surface area contributed by atoms with E-state index in [2.05, 4.69) is 0 Å². The molecule has 110 valence electrons. The van der Waals surface area contributed by atoms with Gasteiger partial charge in [-0.3, -0.25) is 4.79 Å². The number of ketones is 1. The van der Waals surface area contributed by atoms with Gasteiger partial charge < -0.3 is 9.47 Å². The van der Waals surface area contributed by atoms with Crippen molar-refractivity contribution in [1.82, 2.24) is 0 Å². The quantitative estimate of drug-likeness (QED) is 0.583. The van der Waals surface area contributed by atoms with Crippen molar-refractivity contribution < 1.29 is 14.3 Å². The van der Waals surface area contributed by atoms with E-state index in [1.54, 1.807) is 18.2 Å². The zero-order chi connectivity index (χ0) is 15.0. The topological polar surface area (TPSA) is 35.5 Å². The summed E-state index contributed by atoms with van der Waals surface area (Å²) in [5, 5.41) is 1.17. The van der Waals surface area contributed by atoms with Gasteiger partial charge in [0.15, 0.2) is 10.8 Å². The monoisotopic (exact) mass is 342 g/mol. The van der Waals surface area contributed by atoms with E-state index in [1.165, 1.54) is 18.3 Å². The highest BCUT2D eigenvalue weighted by Crippen LogP contribution is 2.41. The molecule has 0 N–H and O–H groups in total. The fourth-order valence-electron chi connectivity index (χ4n) is 2.19. The lowest BCUT2D eigenvalue weighted by Gasteiger charge is -2.08. The SMILES string of the molecule is CC(=O)c1ccc(Oc2cc(Cl)c3c(c2)CC(CCl)O3)s1. The van der Waals surface area contributed by atoms with E-state index in [9.17, 15) is 4.79 Å². The van der Waals surface area contributed by atoms with Crippen LogP contribution in [0.25, 0.3) is 0 Å². The second-order valence-corrected chi connectivity index (χ2v) is 6.53. The van der Waals surface area contributed by atoms with Crippen LogP contribution in [0, 0.1) is 0 Å². The van der Waals surface area contributed by atoms with Gasteiger partial charge in [0.2, 0.25) is 0 Å². The van der Waals surface area contributed by atoms with E-state index in [4.69, 9.17) is 32.7 Å². The third-order valence-electron chi connectivity index (χ3n) is 3.15. The first-order chi connectivity index (χ1) is 10.1. The Morgan fingerprint density at radius 3 is 2.95 bits per heavy atom. The number of rotatable bonds is 4. The van der Waals surface area contributed by atoms with Gasteiger partial charge in [0.05, 0.1) is 15.8 Å². The van der Waals surface area contributed by atoms with Gasteiger partial charge in [0, 0.05) is 18.1 Å². The number of ether oxygens (including phenoxy) is 2. The lowest BCUT2D eigenvalue weighted by molar-refractivity contribution is 0.102. The predicted octanol–water partition coefficient (Wildman–Crippen LogP) is 4.94. The molecule has 0 radical (unpaired) electrons. The summed E-state index contributed by atoms with van der Waals surface area (Å²) in [6, 6.07) is 7.15. The molecule has 2 aromatic rings. The molecule has 3 rings (SSSR count). The Morgan fingerprint density at radius 1 is 1.48 bits per heavy atom. The smallest absolute Gasteiger partial charge is 0.181 e. The first-order valence-electron chi connectivity index (χ1n) is 6.40. The molecule has 1 aromatic carbocycles. The van der Waals surface area contributed by atoms with Crippen molar-refractivity contribution in [1.29, 1.82) is 0 Å². The van der Waals surface area contributed by atoms with Crippen LogP contribution in [0.15, 0.2) is 24.3 Å². The molecule has 0 aliphatic carbocycles. The van der Waals surface area contributed by atoms with Crippen molar-refractivity contribution in [3.8, 4) is 16.6 Å². The number of thiophene rings is 1. The maximum atomic E-state index is 11.3. The van der Waals surface area contributed by atoms with Crippen molar-refractivity contribution in [2.75, 3.05) is 5.88 Å². The molecule has 0 saturated carbocycles. The predicted molar refractivity (Wildman–Crippen MR) is 84.7 cm³/mol. The average Bonchev–Trinajstić information content (AvgIpc) is 3.05. The number of hydrogen-bond acceptors (Lipinski definition) is 4. The Hall–Kier alpha value is -1.23. The van der Waals surface area contributed by atoms with Gasteiger partial charge in [0.25, 0.3) is 0 Å². The number of carbonyl (C=O) groups is 1. The summed E-state index contributed by atoms with van der Waals surface area (Å²) in [6.07, 6.45) is 0.680. The summed E-state index contributed by atoms with van der Waals surface area (Å²) in [4.78, 5) is 12.0. The van der Waals surface area contributed by atoms with Crippen LogP contribution in [0.4, 0.5) is 0 Å². The minimum Gasteiger partial charge on any atom is -0.487 e. The third-order valence-corrected chi connectivity index (χ3v) is 4.83. The standard InChI is InChI=1S/C15H12Cl2O3S/c1-8(18)13-2-3-14(21-13)19-10-4-9-5-11(7-16)20-15(9)12(17)6-10/h2-4,6,11H,5,7H2,1H3. The second-order valence-electron chi connectivity index (χ2n) is 4.77. The molecule has 21 heavy (non-hydrogen) atoms. The number of Topliss-reactive ketones (excluding diaryl/α,β-unsaturated/α-hetero) is 1. The fourth-order valence-corrected chi connectivity index (χ4v) is 3.40. The summed E-state index contributed by atoms with van der Waals surface area (Å²) in [5.74, 6) is 1.77. The van der Waals surface area contributed by atoms with Crippen molar-refractivity contribution in [3.05, 3.63) is 39.7 Å². The van der Waals surface area contributed by atoms with E-state index in [1.807, 2.05) is 6.07 Å². The number of hydrogen-bond donors (Lipinski definition) is 0. The van der Waals surface area contributed by atoms with Crippen LogP contribution in [0.5, 0.6) is 16.6 Å². The molecule has 1 unspecified atom stereocenters. The molecule has 6 heteroatoms. The van der Waals surface area contributed by atoms with Crippen LogP contribution in [-0.4, -0.2) is 17.8 Å². The minimum atomic E-state index is -0.0412. The Morgan fingerprint density at radius 2 is 2.29 bits per heavy atom. The van der Waals surface area contributed by atoms with Crippen LogP contribution in [0.3, 0.4) is 0 Å². The summed E-state index contributed by atoms with van der Waals surface area (Å²) in [5.41, 5.74) is 0.992. The first kappa shape index (κ1) is 14.7. The number of carbonyl (C=O) groups excluding carboxylic acids is 1. The van der Waals surface area contributed by atoms with Crippen molar-refractivity contribution in [3.63, 3.8) is 0 Å². The summed E-state index contributed by atoms with van der Waals surface area (Å²) in [6.45, 7) is 1.53. The van der Waals surface area contributed by atoms with Crippen molar-refractivity contribution >= 4 is 40.3 Å². The van der Waals surface area contributed by atoms with E-state index in [0.717, 1.165) is 12.0 Å². The third kappa shape index (κ3) is 3.03. The Bertz CT molecular complexity index is 696. The highest BCUT2D eigenvalue weighted by atomic mass is 35.5.